The Kier molecular flexibility index (Phi) is 39.4. The molecule has 0 aliphatic rings. The molecular weight excluding hydrogens is 580 g/mol. The van der Waals surface area contributed by atoms with E-state index in [4.69, 9.17) is 47.7 Å². The van der Waals surface area contributed by atoms with Crippen LogP contribution in [-0.4, -0.2) is 130 Å². The third kappa shape index (κ3) is 39.7. The van der Waals surface area contributed by atoms with Gasteiger partial charge >= 0.3 is 0 Å². The number of hydrogen-bond acceptors (Lipinski definition) is 10. The summed E-state index contributed by atoms with van der Waals surface area (Å²) in [6.07, 6.45) is 17.8. The van der Waals surface area contributed by atoms with Gasteiger partial charge in [-0.25, -0.2) is 0 Å². The van der Waals surface area contributed by atoms with Crippen molar-refractivity contribution in [2.75, 3.05) is 112 Å². The molecule has 0 aliphatic heterocycles. The van der Waals surface area contributed by atoms with Crippen LogP contribution in [0.2, 0.25) is 0 Å². The lowest BCUT2D eigenvalue weighted by Gasteiger charge is -2.18. The second-order valence-electron chi connectivity index (χ2n) is 11.5. The molecule has 1 N–H and O–H groups in total. The molecular formula is C35H72O10. The topological polar surface area (TPSA) is 103 Å². The van der Waals surface area contributed by atoms with Crippen LogP contribution in [0.5, 0.6) is 0 Å². The van der Waals surface area contributed by atoms with Gasteiger partial charge in [-0.15, -0.1) is 0 Å². The van der Waals surface area contributed by atoms with E-state index in [0.29, 0.717) is 99.1 Å². The largest absolute Gasteiger partial charge is 0.394 e. The van der Waals surface area contributed by atoms with Crippen LogP contribution in [0.15, 0.2) is 0 Å². The molecule has 0 bridgehead atoms. The normalized spacial score (nSPS) is 13.1. The van der Waals surface area contributed by atoms with Crippen molar-refractivity contribution in [3.05, 3.63) is 0 Å². The first-order chi connectivity index (χ1) is 22.2. The van der Waals surface area contributed by atoms with Crippen molar-refractivity contribution in [3.63, 3.8) is 0 Å². The fourth-order valence-electron chi connectivity index (χ4n) is 4.44. The third-order valence-corrected chi connectivity index (χ3v) is 7.09. The first-order valence-electron chi connectivity index (χ1n) is 18.1. The maximum absolute atomic E-state index is 8.59. The molecule has 45 heavy (non-hydrogen) atoms. The summed E-state index contributed by atoms with van der Waals surface area (Å²) in [4.78, 5) is 0. The molecule has 0 saturated carbocycles. The molecule has 0 heterocycles. The van der Waals surface area contributed by atoms with Crippen molar-refractivity contribution in [2.24, 2.45) is 0 Å². The van der Waals surface area contributed by atoms with E-state index in [9.17, 15) is 0 Å². The minimum absolute atomic E-state index is 0.0130. The van der Waals surface area contributed by atoms with Crippen LogP contribution >= 0.6 is 0 Å². The van der Waals surface area contributed by atoms with Crippen molar-refractivity contribution in [2.45, 2.75) is 116 Å². The Morgan fingerprint density at radius 3 is 1.13 bits per heavy atom. The monoisotopic (exact) mass is 653 g/mol. The molecule has 0 aromatic carbocycles. The second kappa shape index (κ2) is 39.8. The van der Waals surface area contributed by atoms with E-state index in [1.54, 1.807) is 0 Å². The summed E-state index contributed by atoms with van der Waals surface area (Å²) in [6.45, 7) is 14.9. The van der Waals surface area contributed by atoms with Crippen LogP contribution in [0, 0.1) is 0 Å². The zero-order valence-corrected chi connectivity index (χ0v) is 29.5. The van der Waals surface area contributed by atoms with Gasteiger partial charge in [-0.3, -0.25) is 0 Å². The highest BCUT2D eigenvalue weighted by Crippen LogP contribution is 2.12. The molecule has 0 aromatic rings. The first kappa shape index (κ1) is 44.6. The molecule has 10 nitrogen and oxygen atoms in total. The molecule has 0 amide bonds. The predicted octanol–water partition coefficient (Wildman–Crippen LogP) is 6.00. The molecule has 0 aromatic heterocycles. The molecule has 0 rings (SSSR count). The average molecular weight is 653 g/mol. The number of hydrogen-bond donors (Lipinski definition) is 1. The van der Waals surface area contributed by atoms with Gasteiger partial charge in [0.2, 0.25) is 0 Å². The van der Waals surface area contributed by atoms with Crippen LogP contribution in [0.25, 0.3) is 0 Å². The molecule has 0 fully saturated rings. The molecule has 10 heteroatoms. The number of rotatable bonds is 40. The molecule has 2 unspecified atom stereocenters. The Labute approximate surface area is 276 Å². The molecule has 272 valence electrons. The van der Waals surface area contributed by atoms with Crippen LogP contribution in [0.1, 0.15) is 104 Å². The van der Waals surface area contributed by atoms with E-state index < -0.39 is 0 Å². The zero-order valence-electron chi connectivity index (χ0n) is 29.5. The maximum atomic E-state index is 8.59. The fraction of sp³-hybridized carbons (Fsp3) is 1.00. The SMILES string of the molecule is CCCCCCCCCCCCCCCOCC(C)OCC(C)OCCOCCOCCOCCOCCOCCOCCO. The van der Waals surface area contributed by atoms with Gasteiger partial charge in [0.1, 0.15) is 0 Å². The summed E-state index contributed by atoms with van der Waals surface area (Å²) in [5, 5.41) is 8.59. The number of aliphatic hydroxyl groups is 1. The Morgan fingerprint density at radius 2 is 0.711 bits per heavy atom. The lowest BCUT2D eigenvalue weighted by atomic mass is 10.0. The summed E-state index contributed by atoms with van der Waals surface area (Å²) in [5.74, 6) is 0. The van der Waals surface area contributed by atoms with Crippen LogP contribution in [-0.2, 0) is 42.6 Å². The predicted molar refractivity (Wildman–Crippen MR) is 179 cm³/mol. The Morgan fingerprint density at radius 1 is 0.356 bits per heavy atom. The van der Waals surface area contributed by atoms with Gasteiger partial charge in [-0.1, -0.05) is 84.0 Å². The second-order valence-corrected chi connectivity index (χ2v) is 11.5. The Bertz CT molecular complexity index is 529. The average Bonchev–Trinajstić information content (AvgIpc) is 3.04. The third-order valence-electron chi connectivity index (χ3n) is 7.09. The minimum Gasteiger partial charge on any atom is -0.394 e. The highest BCUT2D eigenvalue weighted by Gasteiger charge is 2.07. The van der Waals surface area contributed by atoms with Crippen molar-refractivity contribution in [1.82, 2.24) is 0 Å². The lowest BCUT2D eigenvalue weighted by molar-refractivity contribution is -0.0689. The fourth-order valence-corrected chi connectivity index (χ4v) is 4.44. The Hall–Kier alpha value is -0.400. The van der Waals surface area contributed by atoms with Gasteiger partial charge < -0.3 is 47.7 Å². The van der Waals surface area contributed by atoms with Crippen molar-refractivity contribution < 1.29 is 47.7 Å². The van der Waals surface area contributed by atoms with Crippen molar-refractivity contribution in [3.8, 4) is 0 Å². The van der Waals surface area contributed by atoms with E-state index >= 15 is 0 Å². The molecule has 0 radical (unpaired) electrons. The van der Waals surface area contributed by atoms with Gasteiger partial charge in [-0.05, 0) is 20.3 Å². The summed E-state index contributed by atoms with van der Waals surface area (Å²) in [5.41, 5.74) is 0. The van der Waals surface area contributed by atoms with Crippen LogP contribution in [0.4, 0.5) is 0 Å². The van der Waals surface area contributed by atoms with E-state index in [0.717, 1.165) is 13.0 Å². The van der Waals surface area contributed by atoms with E-state index in [1.807, 2.05) is 6.92 Å². The van der Waals surface area contributed by atoms with Gasteiger partial charge in [0.05, 0.1) is 118 Å². The maximum Gasteiger partial charge on any atom is 0.0781 e. The van der Waals surface area contributed by atoms with Crippen LogP contribution in [0.3, 0.4) is 0 Å². The van der Waals surface area contributed by atoms with Gasteiger partial charge in [0.15, 0.2) is 0 Å². The zero-order chi connectivity index (χ0) is 32.7. The standard InChI is InChI=1S/C35H72O10/c1-4-5-6-7-8-9-10-11-12-13-14-15-16-18-43-32-34(2)45-33-35(3)44-31-30-42-29-28-41-27-26-40-25-24-39-23-22-38-21-20-37-19-17-36/h34-36H,4-33H2,1-3H3. The first-order valence-corrected chi connectivity index (χ1v) is 18.1. The number of ether oxygens (including phenoxy) is 9. The van der Waals surface area contributed by atoms with Gasteiger partial charge in [-0.2, -0.15) is 0 Å². The summed E-state index contributed by atoms with van der Waals surface area (Å²) >= 11 is 0. The number of unbranched alkanes of at least 4 members (excludes halogenated alkanes) is 12. The highest BCUT2D eigenvalue weighted by atomic mass is 16.6. The van der Waals surface area contributed by atoms with Crippen molar-refractivity contribution >= 4 is 0 Å². The molecule has 0 spiro atoms. The Balaban J connectivity index is 3.24. The van der Waals surface area contributed by atoms with E-state index in [2.05, 4.69) is 13.8 Å². The molecule has 2 atom stereocenters. The quantitative estimate of drug-likeness (QED) is 0.0794. The molecule has 0 saturated heterocycles. The molecule has 0 aliphatic carbocycles. The van der Waals surface area contributed by atoms with Crippen molar-refractivity contribution in [1.29, 1.82) is 0 Å². The summed E-state index contributed by atoms with van der Waals surface area (Å²) < 4.78 is 49.8. The summed E-state index contributed by atoms with van der Waals surface area (Å²) in [6, 6.07) is 0. The van der Waals surface area contributed by atoms with E-state index in [1.165, 1.54) is 77.0 Å². The minimum atomic E-state index is 0.0130. The van der Waals surface area contributed by atoms with Gasteiger partial charge in [0, 0.05) is 6.61 Å². The highest BCUT2D eigenvalue weighted by molar-refractivity contribution is 4.54. The smallest absolute Gasteiger partial charge is 0.0781 e. The lowest BCUT2D eigenvalue weighted by Crippen LogP contribution is -2.24. The van der Waals surface area contributed by atoms with Crippen LogP contribution < -0.4 is 0 Å². The van der Waals surface area contributed by atoms with Gasteiger partial charge in [0.25, 0.3) is 0 Å². The number of aliphatic hydroxyl groups excluding tert-OH is 1. The summed E-state index contributed by atoms with van der Waals surface area (Å²) in [7, 11) is 0. The van der Waals surface area contributed by atoms with E-state index in [-0.39, 0.29) is 18.8 Å².